The number of halogens is 1. The number of hydrogen-bond donors (Lipinski definition) is 0. The lowest BCUT2D eigenvalue weighted by molar-refractivity contribution is -0.157. The molecule has 1 radical (unpaired) electrons. The zero-order valence-corrected chi connectivity index (χ0v) is 12.0. The molecule has 0 saturated carbocycles. The molecule has 0 aliphatic heterocycles. The van der Waals surface area contributed by atoms with E-state index in [4.69, 9.17) is 21.2 Å². The monoisotopic (exact) mass is 282 g/mol. The van der Waals surface area contributed by atoms with Crippen molar-refractivity contribution in [2.45, 2.75) is 26.9 Å². The molecular weight excluding hydrogens is 266 g/mol. The summed E-state index contributed by atoms with van der Waals surface area (Å²) in [6.45, 7) is 5.88. The van der Waals surface area contributed by atoms with Gasteiger partial charge in [-0.3, -0.25) is 0 Å². The Balaban J connectivity index is 2.43. The second-order valence-corrected chi connectivity index (χ2v) is 4.86. The highest BCUT2D eigenvalue weighted by Crippen LogP contribution is 2.12. The summed E-state index contributed by atoms with van der Waals surface area (Å²) in [6.07, 6.45) is 0.687. The molecule has 0 amide bonds. The van der Waals surface area contributed by atoms with Crippen LogP contribution in [0.15, 0.2) is 23.4 Å². The van der Waals surface area contributed by atoms with E-state index in [1.807, 2.05) is 13.8 Å². The Kier molecular flexibility index (Phi) is 6.36. The maximum atomic E-state index is 11.5. The molecule has 19 heavy (non-hydrogen) atoms. The average molecular weight is 283 g/mol. The second kappa shape index (κ2) is 7.79. The zero-order valence-electron chi connectivity index (χ0n) is 11.2. The normalized spacial score (nSPS) is 12.7. The molecule has 0 bridgehead atoms. The van der Waals surface area contributed by atoms with Gasteiger partial charge in [0.15, 0.2) is 0 Å². The van der Waals surface area contributed by atoms with Crippen LogP contribution in [0.3, 0.4) is 0 Å². The van der Waals surface area contributed by atoms with Crippen LogP contribution in [0.1, 0.15) is 26.3 Å². The predicted molar refractivity (Wildman–Crippen MR) is 74.2 cm³/mol. The average Bonchev–Trinajstić information content (AvgIpc) is 2.38. The van der Waals surface area contributed by atoms with Gasteiger partial charge in [0.1, 0.15) is 0 Å². The van der Waals surface area contributed by atoms with E-state index in [-0.39, 0.29) is 0 Å². The molecule has 0 aliphatic carbocycles. The number of carbonyl (C=O) groups excluding carboxylic acids is 1. The van der Waals surface area contributed by atoms with Crippen molar-refractivity contribution in [3.05, 3.63) is 34.9 Å². The van der Waals surface area contributed by atoms with E-state index < -0.39 is 12.1 Å². The minimum atomic E-state index is -0.749. The van der Waals surface area contributed by atoms with E-state index in [0.29, 0.717) is 23.1 Å². The Labute approximate surface area is 118 Å². The largest absolute Gasteiger partial charge is 0.463 e. The van der Waals surface area contributed by atoms with E-state index in [1.165, 1.54) is 6.21 Å². The van der Waals surface area contributed by atoms with Crippen LogP contribution in [-0.2, 0) is 14.4 Å². The summed E-state index contributed by atoms with van der Waals surface area (Å²) in [5, 5.41) is 4.26. The van der Waals surface area contributed by atoms with Gasteiger partial charge in [-0.25, -0.2) is 4.79 Å². The van der Waals surface area contributed by atoms with Gasteiger partial charge in [-0.05, 0) is 31.0 Å². The third kappa shape index (κ3) is 5.75. The first kappa shape index (κ1) is 15.5. The van der Waals surface area contributed by atoms with Crippen molar-refractivity contribution < 1.29 is 14.4 Å². The number of benzene rings is 1. The van der Waals surface area contributed by atoms with Gasteiger partial charge in [-0.1, -0.05) is 36.7 Å². The molecule has 0 fully saturated rings. The second-order valence-electron chi connectivity index (χ2n) is 4.45. The van der Waals surface area contributed by atoms with Crippen molar-refractivity contribution in [3.63, 3.8) is 0 Å². The fraction of sp³-hybridized carbons (Fsp3) is 0.429. The maximum Gasteiger partial charge on any atom is 0.349 e. The molecule has 1 rings (SSSR count). The number of carbonyl (C=O) groups is 1. The van der Waals surface area contributed by atoms with Crippen LogP contribution in [0.5, 0.6) is 0 Å². The quantitative estimate of drug-likeness (QED) is 0.458. The van der Waals surface area contributed by atoms with E-state index in [2.05, 4.69) is 11.2 Å². The summed E-state index contributed by atoms with van der Waals surface area (Å²) in [4.78, 5) is 16.5. The van der Waals surface area contributed by atoms with Crippen molar-refractivity contribution >= 4 is 23.8 Å². The van der Waals surface area contributed by atoms with Crippen LogP contribution in [0.25, 0.3) is 0 Å². The number of oxime groups is 1. The van der Waals surface area contributed by atoms with Gasteiger partial charge in [0.25, 0.3) is 0 Å². The highest BCUT2D eigenvalue weighted by molar-refractivity contribution is 6.33. The van der Waals surface area contributed by atoms with Gasteiger partial charge in [-0.2, -0.15) is 0 Å². The minimum Gasteiger partial charge on any atom is -0.463 e. The Morgan fingerprint density at radius 1 is 1.53 bits per heavy atom. The highest BCUT2D eigenvalue weighted by atomic mass is 35.5. The summed E-state index contributed by atoms with van der Waals surface area (Å²) in [7, 11) is 0. The molecule has 0 aromatic heterocycles. The van der Waals surface area contributed by atoms with Gasteiger partial charge in [0, 0.05) is 10.6 Å². The van der Waals surface area contributed by atoms with Crippen LogP contribution in [0.4, 0.5) is 0 Å². The molecule has 5 heteroatoms. The van der Waals surface area contributed by atoms with Crippen molar-refractivity contribution in [2.75, 3.05) is 6.61 Å². The van der Waals surface area contributed by atoms with Crippen LogP contribution < -0.4 is 0 Å². The molecule has 0 saturated heterocycles. The standard InChI is InChI=1S/C14H17ClNO3/c1-10(2)9-18-14(17)11(3)19-16-8-12-6-4-5-7-13(12)15/h5-8,10-11H,9H2,1-3H3. The molecule has 0 aliphatic rings. The Hall–Kier alpha value is -1.55. The molecular formula is C14H17ClNO3. The van der Waals surface area contributed by atoms with Gasteiger partial charge < -0.3 is 9.57 Å². The minimum absolute atomic E-state index is 0.290. The highest BCUT2D eigenvalue weighted by Gasteiger charge is 2.16. The first-order valence-corrected chi connectivity index (χ1v) is 6.40. The van der Waals surface area contributed by atoms with Crippen LogP contribution in [0, 0.1) is 12.0 Å². The first-order chi connectivity index (χ1) is 9.00. The number of rotatable bonds is 6. The SMILES string of the molecule is CC(C)COC(=O)C(C)ON=Cc1c[c]ccc1Cl. The fourth-order valence-corrected chi connectivity index (χ4v) is 1.28. The smallest absolute Gasteiger partial charge is 0.349 e. The summed E-state index contributed by atoms with van der Waals surface area (Å²) >= 11 is 5.93. The summed E-state index contributed by atoms with van der Waals surface area (Å²) in [6, 6.07) is 7.95. The molecule has 1 aromatic rings. The maximum absolute atomic E-state index is 11.5. The van der Waals surface area contributed by atoms with Crippen molar-refractivity contribution in [3.8, 4) is 0 Å². The molecule has 103 valence electrons. The van der Waals surface area contributed by atoms with Crippen LogP contribution >= 0.6 is 11.6 Å². The number of hydrogen-bond acceptors (Lipinski definition) is 4. The zero-order chi connectivity index (χ0) is 14.3. The predicted octanol–water partition coefficient (Wildman–Crippen LogP) is 3.08. The van der Waals surface area contributed by atoms with Crippen LogP contribution in [-0.4, -0.2) is 24.9 Å². The lowest BCUT2D eigenvalue weighted by Gasteiger charge is -2.11. The van der Waals surface area contributed by atoms with Crippen molar-refractivity contribution in [1.82, 2.24) is 0 Å². The first-order valence-electron chi connectivity index (χ1n) is 6.02. The molecule has 1 atom stereocenters. The Morgan fingerprint density at radius 2 is 2.26 bits per heavy atom. The van der Waals surface area contributed by atoms with E-state index in [0.717, 1.165) is 0 Å². The topological polar surface area (TPSA) is 47.9 Å². The van der Waals surface area contributed by atoms with Gasteiger partial charge in [0.2, 0.25) is 6.10 Å². The molecule has 1 unspecified atom stereocenters. The van der Waals surface area contributed by atoms with Crippen molar-refractivity contribution in [1.29, 1.82) is 0 Å². The fourth-order valence-electron chi connectivity index (χ4n) is 1.11. The molecule has 1 aromatic carbocycles. The Bertz CT molecular complexity index is 446. The number of ether oxygens (including phenoxy) is 1. The number of esters is 1. The molecule has 4 nitrogen and oxygen atoms in total. The third-order valence-corrected chi connectivity index (χ3v) is 2.49. The van der Waals surface area contributed by atoms with E-state index in [1.54, 1.807) is 25.1 Å². The van der Waals surface area contributed by atoms with Crippen LogP contribution in [0.2, 0.25) is 5.02 Å². The molecule has 0 N–H and O–H groups in total. The van der Waals surface area contributed by atoms with Gasteiger partial charge in [0.05, 0.1) is 12.8 Å². The summed E-state index contributed by atoms with van der Waals surface area (Å²) < 4.78 is 5.02. The Morgan fingerprint density at radius 3 is 2.89 bits per heavy atom. The van der Waals surface area contributed by atoms with E-state index >= 15 is 0 Å². The molecule has 0 spiro atoms. The number of nitrogens with zero attached hydrogens (tertiary/aromatic N) is 1. The van der Waals surface area contributed by atoms with Crippen molar-refractivity contribution in [2.24, 2.45) is 11.1 Å². The van der Waals surface area contributed by atoms with Gasteiger partial charge in [-0.15, -0.1) is 0 Å². The summed E-state index contributed by atoms with van der Waals surface area (Å²) in [5.41, 5.74) is 0.673. The third-order valence-electron chi connectivity index (χ3n) is 2.14. The molecule has 0 heterocycles. The lowest BCUT2D eigenvalue weighted by atomic mass is 10.2. The van der Waals surface area contributed by atoms with E-state index in [9.17, 15) is 4.79 Å². The van der Waals surface area contributed by atoms with Gasteiger partial charge >= 0.3 is 5.97 Å². The summed E-state index contributed by atoms with van der Waals surface area (Å²) in [5.74, 6) is -0.144. The lowest BCUT2D eigenvalue weighted by Crippen LogP contribution is -2.23.